The van der Waals surface area contributed by atoms with E-state index >= 15 is 0 Å². The smallest absolute Gasteiger partial charge is 0.221 e. The summed E-state index contributed by atoms with van der Waals surface area (Å²) < 4.78 is 0. The summed E-state index contributed by atoms with van der Waals surface area (Å²) in [6.07, 6.45) is 0.601. The molecule has 0 saturated carbocycles. The van der Waals surface area contributed by atoms with Gasteiger partial charge in [-0.3, -0.25) is 4.79 Å². The normalized spacial score (nSPS) is 22.2. The fourth-order valence-corrected chi connectivity index (χ4v) is 3.01. The third-order valence-corrected chi connectivity index (χ3v) is 4.27. The minimum atomic E-state index is 0.176. The molecular weight excluding hydrogens is 246 g/mol. The van der Waals surface area contributed by atoms with Gasteiger partial charge in [-0.25, -0.2) is 0 Å². The number of hydrogen-bond donors (Lipinski definition) is 2. The van der Waals surface area contributed by atoms with Gasteiger partial charge in [-0.05, 0) is 20.0 Å². The highest BCUT2D eigenvalue weighted by Gasteiger charge is 2.20. The Bertz CT molecular complexity index is 253. The van der Waals surface area contributed by atoms with Crippen LogP contribution in [0.4, 0.5) is 0 Å². The van der Waals surface area contributed by atoms with Crippen molar-refractivity contribution in [3.63, 3.8) is 0 Å². The molecule has 0 aromatic rings. The van der Waals surface area contributed by atoms with Crippen LogP contribution in [0.1, 0.15) is 20.3 Å². The van der Waals surface area contributed by atoms with E-state index in [0.29, 0.717) is 18.4 Å². The van der Waals surface area contributed by atoms with Gasteiger partial charge in [0, 0.05) is 43.1 Å². The van der Waals surface area contributed by atoms with E-state index in [2.05, 4.69) is 29.4 Å². The van der Waals surface area contributed by atoms with Gasteiger partial charge in [-0.15, -0.1) is 0 Å². The second-order valence-corrected chi connectivity index (χ2v) is 6.76. The van der Waals surface area contributed by atoms with Crippen LogP contribution in [0.15, 0.2) is 0 Å². The Balaban J connectivity index is 2.35. The summed E-state index contributed by atoms with van der Waals surface area (Å²) in [5, 5.41) is 6.57. The van der Waals surface area contributed by atoms with E-state index in [-0.39, 0.29) is 11.9 Å². The van der Waals surface area contributed by atoms with Gasteiger partial charge in [0.1, 0.15) is 0 Å². The molecule has 4 nitrogen and oxygen atoms in total. The lowest BCUT2D eigenvalue weighted by molar-refractivity contribution is -0.122. The van der Waals surface area contributed by atoms with Gasteiger partial charge in [0.15, 0.2) is 0 Å². The first-order valence-electron chi connectivity index (χ1n) is 6.74. The van der Waals surface area contributed by atoms with E-state index in [1.54, 1.807) is 0 Å². The molecule has 1 aliphatic heterocycles. The number of carbonyl (C=O) groups excluding carboxylic acids is 1. The third-order valence-electron chi connectivity index (χ3n) is 3.14. The average molecular weight is 273 g/mol. The fraction of sp³-hybridized carbons (Fsp3) is 0.923. The molecule has 2 atom stereocenters. The van der Waals surface area contributed by atoms with Gasteiger partial charge in [-0.2, -0.15) is 11.8 Å². The molecule has 1 aliphatic rings. The maximum absolute atomic E-state index is 12.0. The molecule has 2 N–H and O–H groups in total. The van der Waals surface area contributed by atoms with Gasteiger partial charge in [-0.1, -0.05) is 13.8 Å². The minimum Gasteiger partial charge on any atom is -0.352 e. The van der Waals surface area contributed by atoms with E-state index < -0.39 is 0 Å². The molecule has 1 saturated heterocycles. The minimum absolute atomic E-state index is 0.176. The van der Waals surface area contributed by atoms with E-state index in [1.165, 1.54) is 0 Å². The number of likely N-dealkylation sites (N-methyl/N-ethyl adjacent to an activating group) is 1. The molecule has 1 fully saturated rings. The summed E-state index contributed by atoms with van der Waals surface area (Å²) in [4.78, 5) is 14.2. The quantitative estimate of drug-likeness (QED) is 0.751. The van der Waals surface area contributed by atoms with Crippen molar-refractivity contribution in [2.45, 2.75) is 32.4 Å². The van der Waals surface area contributed by atoms with Gasteiger partial charge in [0.25, 0.3) is 0 Å². The zero-order valence-corrected chi connectivity index (χ0v) is 12.8. The average Bonchev–Trinajstić information content (AvgIpc) is 2.28. The highest BCUT2D eigenvalue weighted by molar-refractivity contribution is 7.99. The first-order chi connectivity index (χ1) is 8.49. The van der Waals surface area contributed by atoms with Crippen LogP contribution in [-0.4, -0.2) is 61.6 Å². The van der Waals surface area contributed by atoms with Crippen LogP contribution in [0.3, 0.4) is 0 Å². The van der Waals surface area contributed by atoms with Crippen LogP contribution >= 0.6 is 11.8 Å². The Morgan fingerprint density at radius 2 is 2.22 bits per heavy atom. The zero-order chi connectivity index (χ0) is 13.5. The van der Waals surface area contributed by atoms with Crippen molar-refractivity contribution in [2.75, 3.05) is 38.7 Å². The molecule has 0 aromatic carbocycles. The topological polar surface area (TPSA) is 44.4 Å². The number of thioether (sulfide) groups is 1. The summed E-state index contributed by atoms with van der Waals surface area (Å²) >= 11 is 1.93. The van der Waals surface area contributed by atoms with Crippen molar-refractivity contribution in [1.29, 1.82) is 0 Å². The summed E-state index contributed by atoms with van der Waals surface area (Å²) in [5.74, 6) is 2.85. The van der Waals surface area contributed by atoms with Crippen LogP contribution in [0.2, 0.25) is 0 Å². The monoisotopic (exact) mass is 273 g/mol. The highest BCUT2D eigenvalue weighted by Crippen LogP contribution is 2.11. The SMILES string of the molecule is CC(C)C(CN(C)C)NC(=O)CC1CSCCN1. The van der Waals surface area contributed by atoms with E-state index in [9.17, 15) is 4.79 Å². The second-order valence-electron chi connectivity index (χ2n) is 5.61. The largest absolute Gasteiger partial charge is 0.352 e. The van der Waals surface area contributed by atoms with Crippen LogP contribution in [0.5, 0.6) is 0 Å². The second kappa shape index (κ2) is 8.02. The number of nitrogens with zero attached hydrogens (tertiary/aromatic N) is 1. The molecular formula is C13H27N3OS. The Morgan fingerprint density at radius 3 is 2.72 bits per heavy atom. The number of rotatable bonds is 6. The predicted octanol–water partition coefficient (Wildman–Crippen LogP) is 0.784. The molecule has 18 heavy (non-hydrogen) atoms. The lowest BCUT2D eigenvalue weighted by Gasteiger charge is -2.27. The molecule has 1 amide bonds. The summed E-state index contributed by atoms with van der Waals surface area (Å²) in [7, 11) is 4.09. The van der Waals surface area contributed by atoms with Crippen LogP contribution in [-0.2, 0) is 4.79 Å². The molecule has 0 spiro atoms. The number of carbonyl (C=O) groups is 1. The Hall–Kier alpha value is -0.260. The molecule has 5 heteroatoms. The molecule has 0 aromatic heterocycles. The highest BCUT2D eigenvalue weighted by atomic mass is 32.2. The Morgan fingerprint density at radius 1 is 1.50 bits per heavy atom. The number of nitrogens with one attached hydrogen (secondary N) is 2. The van der Waals surface area contributed by atoms with Crippen LogP contribution in [0, 0.1) is 5.92 Å². The van der Waals surface area contributed by atoms with Gasteiger partial charge in [0.2, 0.25) is 5.91 Å². The van der Waals surface area contributed by atoms with E-state index in [0.717, 1.165) is 24.6 Å². The van der Waals surface area contributed by atoms with Crippen LogP contribution in [0.25, 0.3) is 0 Å². The maximum Gasteiger partial charge on any atom is 0.221 e. The molecule has 0 aliphatic carbocycles. The molecule has 0 bridgehead atoms. The number of hydrogen-bond acceptors (Lipinski definition) is 4. The van der Waals surface area contributed by atoms with Crippen molar-refractivity contribution >= 4 is 17.7 Å². The third kappa shape index (κ3) is 6.07. The zero-order valence-electron chi connectivity index (χ0n) is 12.0. The molecule has 106 valence electrons. The first kappa shape index (κ1) is 15.8. The standard InChI is InChI=1S/C13H27N3OS/c1-10(2)12(8-16(3)4)15-13(17)7-11-9-18-6-5-14-11/h10-12,14H,5-9H2,1-4H3,(H,15,17). The molecule has 1 rings (SSSR count). The van der Waals surface area contributed by atoms with Gasteiger partial charge < -0.3 is 15.5 Å². The van der Waals surface area contributed by atoms with Crippen molar-refractivity contribution in [1.82, 2.24) is 15.5 Å². The molecule has 0 radical (unpaired) electrons. The first-order valence-corrected chi connectivity index (χ1v) is 7.89. The Labute approximate surface area is 115 Å². The predicted molar refractivity (Wildman–Crippen MR) is 79.1 cm³/mol. The van der Waals surface area contributed by atoms with Crippen molar-refractivity contribution in [3.05, 3.63) is 0 Å². The number of amides is 1. The van der Waals surface area contributed by atoms with Gasteiger partial charge >= 0.3 is 0 Å². The Kier molecular flexibility index (Phi) is 7.04. The van der Waals surface area contributed by atoms with E-state index in [4.69, 9.17) is 0 Å². The fourth-order valence-electron chi connectivity index (χ4n) is 2.06. The summed E-state index contributed by atoms with van der Waals surface area (Å²) in [5.41, 5.74) is 0. The molecule has 2 unspecified atom stereocenters. The summed E-state index contributed by atoms with van der Waals surface area (Å²) in [6, 6.07) is 0.583. The van der Waals surface area contributed by atoms with Crippen molar-refractivity contribution < 1.29 is 4.79 Å². The lowest BCUT2D eigenvalue weighted by atomic mass is 10.0. The maximum atomic E-state index is 12.0. The molecule has 1 heterocycles. The summed E-state index contributed by atoms with van der Waals surface area (Å²) in [6.45, 7) is 6.23. The van der Waals surface area contributed by atoms with Crippen LogP contribution < -0.4 is 10.6 Å². The van der Waals surface area contributed by atoms with E-state index in [1.807, 2.05) is 25.9 Å². The lowest BCUT2D eigenvalue weighted by Crippen LogP contribution is -2.48. The van der Waals surface area contributed by atoms with Crippen molar-refractivity contribution in [2.24, 2.45) is 5.92 Å². The van der Waals surface area contributed by atoms with Crippen molar-refractivity contribution in [3.8, 4) is 0 Å². The van der Waals surface area contributed by atoms with Gasteiger partial charge in [0.05, 0.1) is 0 Å².